The van der Waals surface area contributed by atoms with E-state index in [9.17, 15) is 9.90 Å². The summed E-state index contributed by atoms with van der Waals surface area (Å²) < 4.78 is 10.2. The van der Waals surface area contributed by atoms with Gasteiger partial charge < -0.3 is 19.7 Å². The predicted molar refractivity (Wildman–Crippen MR) is 79.9 cm³/mol. The largest absolute Gasteiger partial charge is 0.503 e. The Morgan fingerprint density at radius 1 is 1.33 bits per heavy atom. The second-order valence-corrected chi connectivity index (χ2v) is 5.65. The normalized spacial score (nSPS) is 11.1. The number of phenolic OH excluding ortho intramolecular Hbond substituents is 1. The van der Waals surface area contributed by atoms with E-state index >= 15 is 0 Å². The first-order valence-electron chi connectivity index (χ1n) is 6.77. The molecular formula is C15H23NO5. The molecule has 0 aliphatic rings. The molecule has 1 aromatic rings. The van der Waals surface area contributed by atoms with Crippen LogP contribution in [0, 0.1) is 0 Å². The van der Waals surface area contributed by atoms with Crippen LogP contribution in [0.15, 0.2) is 12.1 Å². The summed E-state index contributed by atoms with van der Waals surface area (Å²) in [5.74, 6) is 0.104. The summed E-state index contributed by atoms with van der Waals surface area (Å²) in [4.78, 5) is 11.8. The number of nitrogens with one attached hydrogen (secondary N) is 1. The maximum absolute atomic E-state index is 11.8. The molecule has 0 spiro atoms. The van der Waals surface area contributed by atoms with Gasteiger partial charge in [0.05, 0.1) is 12.8 Å². The molecule has 0 atom stereocenters. The van der Waals surface area contributed by atoms with Gasteiger partial charge in [0.25, 0.3) is 0 Å². The van der Waals surface area contributed by atoms with Crippen molar-refractivity contribution in [3.8, 4) is 11.5 Å². The molecule has 6 nitrogen and oxygen atoms in total. The first-order chi connectivity index (χ1) is 9.76. The Morgan fingerprint density at radius 3 is 2.52 bits per heavy atom. The highest BCUT2D eigenvalue weighted by Crippen LogP contribution is 2.36. The van der Waals surface area contributed by atoms with Crippen LogP contribution in [-0.2, 0) is 11.2 Å². The first-order valence-corrected chi connectivity index (χ1v) is 6.77. The van der Waals surface area contributed by atoms with E-state index in [1.165, 1.54) is 7.11 Å². The van der Waals surface area contributed by atoms with E-state index in [1.807, 2.05) is 0 Å². The molecule has 1 amide bonds. The number of anilines is 1. The number of aromatic hydroxyl groups is 1. The number of carbonyl (C=O) groups is 1. The van der Waals surface area contributed by atoms with Crippen molar-refractivity contribution in [1.29, 1.82) is 0 Å². The average molecular weight is 297 g/mol. The third-order valence-electron chi connectivity index (χ3n) is 2.61. The Morgan fingerprint density at radius 2 is 2.00 bits per heavy atom. The van der Waals surface area contributed by atoms with Crippen LogP contribution in [0.2, 0.25) is 0 Å². The average Bonchev–Trinajstić information content (AvgIpc) is 2.37. The van der Waals surface area contributed by atoms with Crippen LogP contribution in [0.25, 0.3) is 0 Å². The number of aliphatic hydroxyl groups is 1. The van der Waals surface area contributed by atoms with Crippen LogP contribution in [0.4, 0.5) is 10.5 Å². The minimum atomic E-state index is -0.654. The fourth-order valence-corrected chi connectivity index (χ4v) is 1.76. The molecule has 0 saturated carbocycles. The molecule has 0 bridgehead atoms. The number of hydrogen-bond acceptors (Lipinski definition) is 5. The molecular weight excluding hydrogens is 274 g/mol. The molecule has 0 aromatic heterocycles. The Balaban J connectivity index is 2.96. The molecule has 0 aliphatic heterocycles. The lowest BCUT2D eigenvalue weighted by molar-refractivity contribution is 0.0635. The van der Waals surface area contributed by atoms with E-state index < -0.39 is 11.7 Å². The predicted octanol–water partition coefficient (Wildman–Crippen LogP) is 2.67. The third-order valence-corrected chi connectivity index (χ3v) is 2.61. The second-order valence-electron chi connectivity index (χ2n) is 5.65. The first kappa shape index (κ1) is 17.1. The number of amides is 1. The van der Waals surface area contributed by atoms with Gasteiger partial charge in [0.15, 0.2) is 11.5 Å². The van der Waals surface area contributed by atoms with E-state index in [0.717, 1.165) is 5.56 Å². The molecule has 0 fully saturated rings. The Bertz CT molecular complexity index is 494. The van der Waals surface area contributed by atoms with Crippen molar-refractivity contribution in [1.82, 2.24) is 0 Å². The highest BCUT2D eigenvalue weighted by atomic mass is 16.6. The maximum atomic E-state index is 11.8. The van der Waals surface area contributed by atoms with E-state index in [0.29, 0.717) is 12.8 Å². The number of aliphatic hydroxyl groups excluding tert-OH is 1. The van der Waals surface area contributed by atoms with Crippen LogP contribution in [0.5, 0.6) is 11.5 Å². The van der Waals surface area contributed by atoms with Gasteiger partial charge in [0.1, 0.15) is 5.60 Å². The van der Waals surface area contributed by atoms with Crippen molar-refractivity contribution < 1.29 is 24.5 Å². The summed E-state index contributed by atoms with van der Waals surface area (Å²) in [6.07, 6.45) is 0.537. The fraction of sp³-hybridized carbons (Fsp3) is 0.533. The summed E-state index contributed by atoms with van der Waals surface area (Å²) in [6, 6.07) is 3.31. The molecule has 0 heterocycles. The van der Waals surface area contributed by atoms with Crippen molar-refractivity contribution in [2.45, 2.75) is 39.2 Å². The number of methoxy groups -OCH3 is 1. The zero-order valence-electron chi connectivity index (χ0n) is 12.9. The summed E-state index contributed by atoms with van der Waals surface area (Å²) in [6.45, 7) is 5.33. The molecule has 0 unspecified atom stereocenters. The summed E-state index contributed by atoms with van der Waals surface area (Å²) in [7, 11) is 1.43. The lowest BCUT2D eigenvalue weighted by Crippen LogP contribution is -2.27. The highest BCUT2D eigenvalue weighted by Gasteiger charge is 2.19. The third kappa shape index (κ3) is 5.51. The van der Waals surface area contributed by atoms with Crippen molar-refractivity contribution in [3.05, 3.63) is 17.7 Å². The summed E-state index contributed by atoms with van der Waals surface area (Å²) in [5.41, 5.74) is 0.430. The molecule has 118 valence electrons. The summed E-state index contributed by atoms with van der Waals surface area (Å²) in [5, 5.41) is 21.4. The topological polar surface area (TPSA) is 88.0 Å². The van der Waals surface area contributed by atoms with Gasteiger partial charge in [0.2, 0.25) is 0 Å². The van der Waals surface area contributed by atoms with Gasteiger partial charge in [-0.3, -0.25) is 5.32 Å². The van der Waals surface area contributed by atoms with Gasteiger partial charge in [0, 0.05) is 6.61 Å². The van der Waals surface area contributed by atoms with Crippen LogP contribution in [0.1, 0.15) is 32.8 Å². The van der Waals surface area contributed by atoms with E-state index in [1.54, 1.807) is 32.9 Å². The van der Waals surface area contributed by atoms with Gasteiger partial charge in [-0.05, 0) is 51.3 Å². The van der Waals surface area contributed by atoms with E-state index in [2.05, 4.69) is 5.32 Å². The Kier molecular flexibility index (Phi) is 5.84. The van der Waals surface area contributed by atoms with Gasteiger partial charge in [-0.1, -0.05) is 0 Å². The minimum Gasteiger partial charge on any atom is -0.503 e. The van der Waals surface area contributed by atoms with Crippen molar-refractivity contribution in [2.75, 3.05) is 19.0 Å². The van der Waals surface area contributed by atoms with E-state index in [-0.39, 0.29) is 23.8 Å². The van der Waals surface area contributed by atoms with Crippen molar-refractivity contribution in [2.24, 2.45) is 0 Å². The van der Waals surface area contributed by atoms with Crippen LogP contribution in [-0.4, -0.2) is 35.6 Å². The molecule has 3 N–H and O–H groups in total. The number of aryl methyl sites for hydroxylation is 1. The van der Waals surface area contributed by atoms with Gasteiger partial charge in [-0.2, -0.15) is 0 Å². The fourth-order valence-electron chi connectivity index (χ4n) is 1.76. The summed E-state index contributed by atoms with van der Waals surface area (Å²) >= 11 is 0. The number of hydrogen-bond donors (Lipinski definition) is 3. The Labute approximate surface area is 124 Å². The molecule has 0 aliphatic carbocycles. The van der Waals surface area contributed by atoms with Gasteiger partial charge in [-0.25, -0.2) is 4.79 Å². The van der Waals surface area contributed by atoms with E-state index in [4.69, 9.17) is 14.6 Å². The van der Waals surface area contributed by atoms with Crippen LogP contribution < -0.4 is 10.1 Å². The number of carbonyl (C=O) groups excluding carboxylic acids is 1. The smallest absolute Gasteiger partial charge is 0.412 e. The standard InChI is InChI=1S/C15H23NO5/c1-15(2,3)21-14(19)16-11-8-10(6-5-7-17)9-12(20-4)13(11)18/h8-9,17-18H,5-7H2,1-4H3,(H,16,19). The number of phenols is 1. The molecule has 1 aromatic carbocycles. The minimum absolute atomic E-state index is 0.0675. The number of ether oxygens (including phenoxy) is 2. The van der Waals surface area contributed by atoms with Crippen molar-refractivity contribution in [3.63, 3.8) is 0 Å². The molecule has 1 rings (SSSR count). The number of benzene rings is 1. The maximum Gasteiger partial charge on any atom is 0.412 e. The SMILES string of the molecule is COc1cc(CCCO)cc(NC(=O)OC(C)(C)C)c1O. The van der Waals surface area contributed by atoms with Crippen LogP contribution >= 0.6 is 0 Å². The quantitative estimate of drug-likeness (QED) is 0.727. The van der Waals surface area contributed by atoms with Gasteiger partial charge >= 0.3 is 6.09 Å². The number of rotatable bonds is 5. The lowest BCUT2D eigenvalue weighted by atomic mass is 10.1. The molecule has 6 heteroatoms. The highest BCUT2D eigenvalue weighted by molar-refractivity contribution is 5.88. The molecule has 0 radical (unpaired) electrons. The monoisotopic (exact) mass is 297 g/mol. The molecule has 21 heavy (non-hydrogen) atoms. The zero-order chi connectivity index (χ0) is 16.0. The lowest BCUT2D eigenvalue weighted by Gasteiger charge is -2.20. The van der Waals surface area contributed by atoms with Crippen molar-refractivity contribution >= 4 is 11.8 Å². The Hall–Kier alpha value is -1.95. The zero-order valence-corrected chi connectivity index (χ0v) is 12.9. The molecule has 0 saturated heterocycles. The van der Waals surface area contributed by atoms with Gasteiger partial charge in [-0.15, -0.1) is 0 Å². The second kappa shape index (κ2) is 7.17. The van der Waals surface area contributed by atoms with Crippen LogP contribution in [0.3, 0.4) is 0 Å².